The number of halogens is 1. The van der Waals surface area contributed by atoms with Crippen LogP contribution in [0.1, 0.15) is 56.3 Å². The first-order valence-electron chi connectivity index (χ1n) is 11.4. The zero-order valence-corrected chi connectivity index (χ0v) is 18.1. The van der Waals surface area contributed by atoms with Crippen molar-refractivity contribution in [2.24, 2.45) is 0 Å². The fourth-order valence-electron chi connectivity index (χ4n) is 6.23. The molecule has 6 rings (SSSR count). The first kappa shape index (κ1) is 19.0. The minimum Gasteiger partial charge on any atom is -0.459 e. The molecule has 2 saturated heterocycles. The number of rotatable bonds is 2. The third-order valence-electron chi connectivity index (χ3n) is 7.64. The van der Waals surface area contributed by atoms with Crippen LogP contribution in [0.5, 0.6) is 0 Å². The van der Waals surface area contributed by atoms with E-state index in [9.17, 15) is 4.79 Å². The molecule has 1 saturated carbocycles. The number of nitrogens with one attached hydrogen (secondary N) is 2. The zero-order valence-electron chi connectivity index (χ0n) is 17.3. The Morgan fingerprint density at radius 2 is 2.00 bits per heavy atom. The van der Waals surface area contributed by atoms with Crippen LogP contribution in [0, 0.1) is 0 Å². The number of furan rings is 1. The standard InChI is InChI=1S/C23H29ClN4O2/c24-18-12-15-11-17(14-27-9-10-28-8-4-5-16(28)13-27)30-21(15)19-20(18)25-22(29)26-23(19)6-2-1-3-7-23/h11-12,16H,1-10,13-14H2,(H2,25,26,29)/t16-/m0/s1. The van der Waals surface area contributed by atoms with E-state index in [0.29, 0.717) is 11.1 Å². The first-order valence-corrected chi connectivity index (χ1v) is 11.8. The lowest BCUT2D eigenvalue weighted by atomic mass is 9.74. The molecule has 0 unspecified atom stereocenters. The van der Waals surface area contributed by atoms with E-state index in [2.05, 4.69) is 26.5 Å². The number of benzene rings is 1. The normalized spacial score (nSPS) is 26.4. The van der Waals surface area contributed by atoms with Gasteiger partial charge in [-0.1, -0.05) is 30.9 Å². The summed E-state index contributed by atoms with van der Waals surface area (Å²) in [5.74, 6) is 0.990. The van der Waals surface area contributed by atoms with Gasteiger partial charge >= 0.3 is 6.03 Å². The molecular weight excluding hydrogens is 400 g/mol. The Hall–Kier alpha value is -1.76. The molecule has 1 atom stereocenters. The molecule has 3 aliphatic heterocycles. The maximum Gasteiger partial charge on any atom is 0.319 e. The lowest BCUT2D eigenvalue weighted by molar-refractivity contribution is 0.0945. The first-order chi connectivity index (χ1) is 14.6. The summed E-state index contributed by atoms with van der Waals surface area (Å²) in [6.07, 6.45) is 7.92. The molecule has 2 N–H and O–H groups in total. The highest BCUT2D eigenvalue weighted by molar-refractivity contribution is 6.35. The number of carbonyl (C=O) groups excluding carboxylic acids is 1. The number of hydrogen-bond donors (Lipinski definition) is 2. The van der Waals surface area contributed by atoms with Crippen molar-refractivity contribution in [1.29, 1.82) is 0 Å². The van der Waals surface area contributed by atoms with Gasteiger partial charge < -0.3 is 15.1 Å². The molecule has 0 radical (unpaired) electrons. The molecule has 1 aliphatic carbocycles. The smallest absolute Gasteiger partial charge is 0.319 e. The van der Waals surface area contributed by atoms with Crippen molar-refractivity contribution >= 4 is 34.3 Å². The SMILES string of the molecule is O=C1Nc2c(Cl)cc3cc(CN4CCN5CCC[C@H]5C4)oc3c2C2(CCCCC2)N1. The molecule has 160 valence electrons. The Balaban J connectivity index is 1.37. The summed E-state index contributed by atoms with van der Waals surface area (Å²) in [5, 5.41) is 7.83. The molecule has 4 heterocycles. The predicted octanol–water partition coefficient (Wildman–Crippen LogP) is 4.66. The Bertz CT molecular complexity index is 997. The molecule has 0 bridgehead atoms. The molecule has 7 heteroatoms. The van der Waals surface area contributed by atoms with Crippen LogP contribution in [0.3, 0.4) is 0 Å². The third kappa shape index (κ3) is 3.03. The molecule has 6 nitrogen and oxygen atoms in total. The predicted molar refractivity (Wildman–Crippen MR) is 118 cm³/mol. The lowest BCUT2D eigenvalue weighted by Gasteiger charge is -2.42. The molecule has 4 aliphatic rings. The summed E-state index contributed by atoms with van der Waals surface area (Å²) in [7, 11) is 0. The molecule has 30 heavy (non-hydrogen) atoms. The highest BCUT2D eigenvalue weighted by atomic mass is 35.5. The van der Waals surface area contributed by atoms with Gasteiger partial charge in [0.05, 0.1) is 22.8 Å². The van der Waals surface area contributed by atoms with Crippen molar-refractivity contribution in [3.05, 3.63) is 28.5 Å². The fraction of sp³-hybridized carbons (Fsp3) is 0.609. The number of carbonyl (C=O) groups is 1. The van der Waals surface area contributed by atoms with Gasteiger partial charge in [-0.05, 0) is 44.4 Å². The van der Waals surface area contributed by atoms with Crippen molar-refractivity contribution < 1.29 is 9.21 Å². The lowest BCUT2D eigenvalue weighted by Crippen LogP contribution is -2.52. The van der Waals surface area contributed by atoms with Crippen LogP contribution in [0.15, 0.2) is 16.5 Å². The van der Waals surface area contributed by atoms with Crippen molar-refractivity contribution in [3.63, 3.8) is 0 Å². The van der Waals surface area contributed by atoms with Crippen LogP contribution in [-0.2, 0) is 12.1 Å². The largest absolute Gasteiger partial charge is 0.459 e. The van der Waals surface area contributed by atoms with E-state index in [-0.39, 0.29) is 11.6 Å². The van der Waals surface area contributed by atoms with Gasteiger partial charge in [0.15, 0.2) is 0 Å². The van der Waals surface area contributed by atoms with E-state index in [0.717, 1.165) is 79.8 Å². The van der Waals surface area contributed by atoms with Gasteiger partial charge in [0.2, 0.25) is 0 Å². The molecule has 2 aromatic rings. The van der Waals surface area contributed by atoms with E-state index in [1.54, 1.807) is 0 Å². The minimum atomic E-state index is -0.371. The summed E-state index contributed by atoms with van der Waals surface area (Å²) in [6, 6.07) is 4.64. The van der Waals surface area contributed by atoms with Crippen LogP contribution >= 0.6 is 11.6 Å². The number of piperazine rings is 1. The van der Waals surface area contributed by atoms with Crippen LogP contribution in [0.4, 0.5) is 10.5 Å². The molecule has 1 aromatic heterocycles. The van der Waals surface area contributed by atoms with Gasteiger partial charge in [0.25, 0.3) is 0 Å². The van der Waals surface area contributed by atoms with Crippen molar-refractivity contribution in [3.8, 4) is 0 Å². The van der Waals surface area contributed by atoms with E-state index < -0.39 is 0 Å². The fourth-order valence-corrected chi connectivity index (χ4v) is 6.49. The Labute approximate surface area is 181 Å². The van der Waals surface area contributed by atoms with Crippen LogP contribution in [0.25, 0.3) is 11.0 Å². The summed E-state index contributed by atoms with van der Waals surface area (Å²) in [4.78, 5) is 17.6. The van der Waals surface area contributed by atoms with Gasteiger partial charge in [-0.2, -0.15) is 0 Å². The van der Waals surface area contributed by atoms with Crippen LogP contribution in [0.2, 0.25) is 5.02 Å². The highest BCUT2D eigenvalue weighted by Gasteiger charge is 2.43. The van der Waals surface area contributed by atoms with Crippen LogP contribution in [-0.4, -0.2) is 48.1 Å². The van der Waals surface area contributed by atoms with Crippen LogP contribution < -0.4 is 10.6 Å². The Morgan fingerprint density at radius 1 is 1.13 bits per heavy atom. The highest BCUT2D eigenvalue weighted by Crippen LogP contribution is 2.49. The number of fused-ring (bicyclic) bond motifs is 5. The summed E-state index contributed by atoms with van der Waals surface area (Å²) < 4.78 is 6.49. The summed E-state index contributed by atoms with van der Waals surface area (Å²) >= 11 is 6.65. The molecule has 1 aromatic carbocycles. The number of hydrogen-bond acceptors (Lipinski definition) is 4. The summed E-state index contributed by atoms with van der Waals surface area (Å²) in [5.41, 5.74) is 2.30. The van der Waals surface area contributed by atoms with Gasteiger partial charge in [-0.3, -0.25) is 9.80 Å². The average molecular weight is 429 g/mol. The third-order valence-corrected chi connectivity index (χ3v) is 7.94. The number of anilines is 1. The maximum absolute atomic E-state index is 12.4. The van der Waals surface area contributed by atoms with Crippen molar-refractivity contribution in [1.82, 2.24) is 15.1 Å². The number of nitrogens with zero attached hydrogens (tertiary/aromatic N) is 2. The topological polar surface area (TPSA) is 60.8 Å². The van der Waals surface area contributed by atoms with Gasteiger partial charge in [-0.15, -0.1) is 0 Å². The second kappa shape index (κ2) is 7.14. The minimum absolute atomic E-state index is 0.160. The Morgan fingerprint density at radius 3 is 2.87 bits per heavy atom. The van der Waals surface area contributed by atoms with E-state index in [1.165, 1.54) is 25.8 Å². The van der Waals surface area contributed by atoms with E-state index in [4.69, 9.17) is 16.0 Å². The molecular formula is C23H29ClN4O2. The second-order valence-electron chi connectivity index (χ2n) is 9.53. The number of urea groups is 1. The second-order valence-corrected chi connectivity index (χ2v) is 9.94. The quantitative estimate of drug-likeness (QED) is 0.730. The molecule has 3 fully saturated rings. The number of amides is 2. The molecule has 1 spiro atoms. The van der Waals surface area contributed by atoms with Crippen molar-refractivity contribution in [2.45, 2.75) is 63.1 Å². The maximum atomic E-state index is 12.4. The van der Waals surface area contributed by atoms with Gasteiger partial charge in [0.1, 0.15) is 11.3 Å². The van der Waals surface area contributed by atoms with E-state index >= 15 is 0 Å². The van der Waals surface area contributed by atoms with Gasteiger partial charge in [-0.25, -0.2) is 4.79 Å². The van der Waals surface area contributed by atoms with E-state index in [1.807, 2.05) is 6.07 Å². The molecule has 2 amide bonds. The zero-order chi connectivity index (χ0) is 20.3. The van der Waals surface area contributed by atoms with Gasteiger partial charge in [0, 0.05) is 36.6 Å². The average Bonchev–Trinajstić information content (AvgIpc) is 3.34. The monoisotopic (exact) mass is 428 g/mol. The summed E-state index contributed by atoms with van der Waals surface area (Å²) in [6.45, 7) is 5.46. The Kier molecular flexibility index (Phi) is 4.52. The van der Waals surface area contributed by atoms with Crippen molar-refractivity contribution in [2.75, 3.05) is 31.5 Å².